The lowest BCUT2D eigenvalue weighted by molar-refractivity contribution is 0.287. The van der Waals surface area contributed by atoms with Gasteiger partial charge >= 0.3 is 0 Å². The van der Waals surface area contributed by atoms with Gasteiger partial charge in [0.15, 0.2) is 11.5 Å². The lowest BCUT2D eigenvalue weighted by Gasteiger charge is -2.14. The average Bonchev–Trinajstić information content (AvgIpc) is 3.23. The van der Waals surface area contributed by atoms with Gasteiger partial charge in [0, 0.05) is 11.4 Å². The molecule has 1 heterocycles. The number of nitrogens with two attached hydrogens (primary N) is 1. The van der Waals surface area contributed by atoms with Crippen molar-refractivity contribution in [3.63, 3.8) is 0 Å². The van der Waals surface area contributed by atoms with Gasteiger partial charge in [-0.1, -0.05) is 29.8 Å². The number of ether oxygens (including phenoxy) is 2. The summed E-state index contributed by atoms with van der Waals surface area (Å²) in [6, 6.07) is 14.3. The topological polar surface area (TPSA) is 90.6 Å². The van der Waals surface area contributed by atoms with Crippen molar-refractivity contribution in [3.8, 4) is 11.5 Å². The van der Waals surface area contributed by atoms with Gasteiger partial charge in [-0.15, -0.1) is 11.3 Å². The van der Waals surface area contributed by atoms with Crippen molar-refractivity contribution in [2.45, 2.75) is 24.5 Å². The molecule has 0 amide bonds. The standard InChI is InChI=1S/C21H23ClN2O4S2/c1-27-20-12-16(11-19(22)21(20)28-14-17-3-2-10-29-17)13-24-9-8-15-4-6-18(7-5-15)30(23,25)26/h2-7,10-12,24H,8-9,13-14H2,1H3,(H2,23,25,26). The number of sulfonamides is 1. The molecule has 0 aliphatic rings. The van der Waals surface area contributed by atoms with E-state index in [0.717, 1.165) is 22.4 Å². The number of rotatable bonds is 10. The second-order valence-electron chi connectivity index (χ2n) is 6.59. The van der Waals surface area contributed by atoms with Crippen LogP contribution in [0.15, 0.2) is 58.8 Å². The first kappa shape index (κ1) is 22.6. The monoisotopic (exact) mass is 466 g/mol. The maximum absolute atomic E-state index is 11.3. The Kier molecular flexibility index (Phi) is 7.74. The summed E-state index contributed by atoms with van der Waals surface area (Å²) in [5.74, 6) is 1.13. The molecule has 3 rings (SSSR count). The molecule has 3 N–H and O–H groups in total. The van der Waals surface area contributed by atoms with Crippen LogP contribution in [0.5, 0.6) is 11.5 Å². The molecule has 0 aliphatic carbocycles. The Bertz CT molecular complexity index is 1070. The molecular formula is C21H23ClN2O4S2. The number of hydrogen-bond donors (Lipinski definition) is 2. The summed E-state index contributed by atoms with van der Waals surface area (Å²) in [6.45, 7) is 1.76. The Labute approximate surface area is 185 Å². The highest BCUT2D eigenvalue weighted by atomic mass is 35.5. The highest BCUT2D eigenvalue weighted by Gasteiger charge is 2.13. The number of hydrogen-bond acceptors (Lipinski definition) is 6. The summed E-state index contributed by atoms with van der Waals surface area (Å²) in [4.78, 5) is 1.22. The van der Waals surface area contributed by atoms with Crippen molar-refractivity contribution in [3.05, 3.63) is 74.9 Å². The quantitative estimate of drug-likeness (QED) is 0.441. The molecule has 6 nitrogen and oxygen atoms in total. The summed E-state index contributed by atoms with van der Waals surface area (Å²) in [5, 5.41) is 11.0. The molecule has 0 unspecified atom stereocenters. The van der Waals surface area contributed by atoms with E-state index in [1.54, 1.807) is 30.6 Å². The third-order valence-electron chi connectivity index (χ3n) is 4.40. The molecule has 0 spiro atoms. The predicted molar refractivity (Wildman–Crippen MR) is 120 cm³/mol. The van der Waals surface area contributed by atoms with Crippen LogP contribution in [-0.2, 0) is 29.6 Å². The average molecular weight is 467 g/mol. The zero-order valence-electron chi connectivity index (χ0n) is 16.4. The second kappa shape index (κ2) is 10.3. The highest BCUT2D eigenvalue weighted by Crippen LogP contribution is 2.37. The Morgan fingerprint density at radius 3 is 2.53 bits per heavy atom. The largest absolute Gasteiger partial charge is 0.493 e. The van der Waals surface area contributed by atoms with E-state index in [1.165, 1.54) is 12.1 Å². The minimum atomic E-state index is -3.66. The fraction of sp³-hybridized carbons (Fsp3) is 0.238. The Balaban J connectivity index is 1.54. The fourth-order valence-electron chi connectivity index (χ4n) is 2.86. The Morgan fingerprint density at radius 1 is 1.13 bits per heavy atom. The molecule has 0 bridgehead atoms. The number of primary sulfonamides is 1. The smallest absolute Gasteiger partial charge is 0.238 e. The molecule has 3 aromatic rings. The Morgan fingerprint density at radius 2 is 1.90 bits per heavy atom. The zero-order valence-corrected chi connectivity index (χ0v) is 18.8. The molecule has 0 aliphatic heterocycles. The van der Waals surface area contributed by atoms with Crippen molar-refractivity contribution in [1.29, 1.82) is 0 Å². The number of benzene rings is 2. The van der Waals surface area contributed by atoms with Gasteiger partial charge < -0.3 is 14.8 Å². The summed E-state index contributed by atoms with van der Waals surface area (Å²) in [5.41, 5.74) is 1.99. The summed E-state index contributed by atoms with van der Waals surface area (Å²) < 4.78 is 33.9. The van der Waals surface area contributed by atoms with Gasteiger partial charge in [-0.05, 0) is 59.8 Å². The number of methoxy groups -OCH3 is 1. The van der Waals surface area contributed by atoms with Crippen LogP contribution in [0.1, 0.15) is 16.0 Å². The lowest BCUT2D eigenvalue weighted by atomic mass is 10.1. The first-order valence-electron chi connectivity index (χ1n) is 9.21. The minimum absolute atomic E-state index is 0.113. The van der Waals surface area contributed by atoms with Crippen LogP contribution >= 0.6 is 22.9 Å². The van der Waals surface area contributed by atoms with Gasteiger partial charge in [-0.2, -0.15) is 0 Å². The minimum Gasteiger partial charge on any atom is -0.493 e. The zero-order chi connectivity index (χ0) is 21.6. The van der Waals surface area contributed by atoms with Crippen molar-refractivity contribution in [1.82, 2.24) is 5.32 Å². The summed E-state index contributed by atoms with van der Waals surface area (Å²) in [6.07, 6.45) is 0.748. The van der Waals surface area contributed by atoms with E-state index in [1.807, 2.05) is 29.6 Å². The maximum atomic E-state index is 11.3. The predicted octanol–water partition coefficient (Wildman–Crippen LogP) is 3.97. The molecule has 30 heavy (non-hydrogen) atoms. The molecular weight excluding hydrogens is 444 g/mol. The van der Waals surface area contributed by atoms with Gasteiger partial charge in [-0.3, -0.25) is 0 Å². The van der Waals surface area contributed by atoms with Crippen LogP contribution in [0.25, 0.3) is 0 Å². The second-order valence-corrected chi connectivity index (χ2v) is 9.59. The van der Waals surface area contributed by atoms with Gasteiger partial charge in [-0.25, -0.2) is 13.6 Å². The molecule has 9 heteroatoms. The molecule has 2 aromatic carbocycles. The first-order valence-corrected chi connectivity index (χ1v) is 12.0. The number of halogens is 1. The maximum Gasteiger partial charge on any atom is 0.238 e. The molecule has 1 aromatic heterocycles. The van der Waals surface area contributed by atoms with Crippen LogP contribution < -0.4 is 19.9 Å². The van der Waals surface area contributed by atoms with Crippen molar-refractivity contribution in [2.75, 3.05) is 13.7 Å². The van der Waals surface area contributed by atoms with E-state index >= 15 is 0 Å². The van der Waals surface area contributed by atoms with Crippen molar-refractivity contribution < 1.29 is 17.9 Å². The third kappa shape index (κ3) is 6.20. The normalized spacial score (nSPS) is 11.4. The van der Waals surface area contributed by atoms with Crippen molar-refractivity contribution >= 4 is 33.0 Å². The van der Waals surface area contributed by atoms with Crippen LogP contribution in [-0.4, -0.2) is 22.1 Å². The fourth-order valence-corrected chi connectivity index (χ4v) is 4.28. The van der Waals surface area contributed by atoms with Crippen LogP contribution in [0, 0.1) is 0 Å². The number of thiophene rings is 1. The van der Waals surface area contributed by atoms with Gasteiger partial charge in [0.1, 0.15) is 6.61 Å². The molecule has 0 saturated carbocycles. The SMILES string of the molecule is COc1cc(CNCCc2ccc(S(N)(=O)=O)cc2)cc(Cl)c1OCc1cccs1. The summed E-state index contributed by atoms with van der Waals surface area (Å²) in [7, 11) is -2.07. The summed E-state index contributed by atoms with van der Waals surface area (Å²) >= 11 is 8.05. The van der Waals surface area contributed by atoms with Crippen LogP contribution in [0.2, 0.25) is 5.02 Å². The molecule has 0 atom stereocenters. The third-order valence-corrected chi connectivity index (χ3v) is 6.46. The van der Waals surface area contributed by atoms with Gasteiger partial charge in [0.25, 0.3) is 0 Å². The van der Waals surface area contributed by atoms with E-state index in [9.17, 15) is 8.42 Å². The molecule has 0 radical (unpaired) electrons. The van der Waals surface area contributed by atoms with Crippen LogP contribution in [0.4, 0.5) is 0 Å². The van der Waals surface area contributed by atoms with Crippen LogP contribution in [0.3, 0.4) is 0 Å². The van der Waals surface area contributed by atoms with E-state index in [0.29, 0.717) is 36.2 Å². The van der Waals surface area contributed by atoms with E-state index < -0.39 is 10.0 Å². The highest BCUT2D eigenvalue weighted by molar-refractivity contribution is 7.89. The lowest BCUT2D eigenvalue weighted by Crippen LogP contribution is -2.17. The Hall–Kier alpha value is -2.10. The van der Waals surface area contributed by atoms with E-state index in [4.69, 9.17) is 26.2 Å². The molecule has 160 valence electrons. The number of nitrogens with one attached hydrogen (secondary N) is 1. The van der Waals surface area contributed by atoms with Gasteiger partial charge in [0.05, 0.1) is 17.0 Å². The molecule has 0 fully saturated rings. The van der Waals surface area contributed by atoms with Crippen molar-refractivity contribution in [2.24, 2.45) is 5.14 Å². The first-order chi connectivity index (χ1) is 14.4. The molecule has 0 saturated heterocycles. The van der Waals surface area contributed by atoms with Gasteiger partial charge in [0.2, 0.25) is 10.0 Å². The van der Waals surface area contributed by atoms with E-state index in [-0.39, 0.29) is 4.90 Å². The van der Waals surface area contributed by atoms with E-state index in [2.05, 4.69) is 5.32 Å².